The molecular formula is C37H30O. The lowest BCUT2D eigenvalue weighted by molar-refractivity contribution is 0.475. The first-order chi connectivity index (χ1) is 18.7. The highest BCUT2D eigenvalue weighted by molar-refractivity contribution is 6.07. The maximum absolute atomic E-state index is 10.5. The molecule has 0 aliphatic heterocycles. The summed E-state index contributed by atoms with van der Waals surface area (Å²) in [5.74, 6) is 0.269. The minimum atomic E-state index is 0.269. The third-order valence-electron chi connectivity index (χ3n) is 7.36. The Balaban J connectivity index is 1.87. The first-order valence-corrected chi connectivity index (χ1v) is 13.3. The van der Waals surface area contributed by atoms with Crippen LogP contribution in [-0.4, -0.2) is 5.11 Å². The summed E-state index contributed by atoms with van der Waals surface area (Å²) < 4.78 is 0. The molecule has 0 fully saturated rings. The number of rotatable bonds is 5. The first-order valence-electron chi connectivity index (χ1n) is 13.3. The molecule has 0 bridgehead atoms. The number of hydrogen-bond donors (Lipinski definition) is 1. The highest BCUT2D eigenvalue weighted by atomic mass is 16.3. The van der Waals surface area contributed by atoms with E-state index in [1.54, 1.807) is 6.07 Å². The van der Waals surface area contributed by atoms with Crippen LogP contribution >= 0.6 is 0 Å². The van der Waals surface area contributed by atoms with Crippen molar-refractivity contribution in [1.29, 1.82) is 0 Å². The van der Waals surface area contributed by atoms with E-state index in [0.29, 0.717) is 0 Å². The standard InChI is InChI=1S/C37H30O/c1-26-33(27-15-6-2-7-16-27)35(28-17-8-3-9-18-28)37(30-21-12-5-13-22-30)36(29-19-10-4-11-20-29)34(26)31-23-14-24-32(38)25-31/h2,4-8,10-25,38H,3,9H2,1H3. The SMILES string of the molecule is Cc1c(-c2ccccc2)c(C2=CCCC=C2)c(-c2ccccc2)c(-c2ccccc2)c1-c1cccc(O)c1. The Kier molecular flexibility index (Phi) is 6.50. The largest absolute Gasteiger partial charge is 0.508 e. The van der Waals surface area contributed by atoms with Crippen LogP contribution in [-0.2, 0) is 0 Å². The quantitative estimate of drug-likeness (QED) is 0.260. The van der Waals surface area contributed by atoms with E-state index in [1.165, 1.54) is 44.5 Å². The van der Waals surface area contributed by atoms with Gasteiger partial charge in [-0.05, 0) is 93.1 Å². The zero-order valence-corrected chi connectivity index (χ0v) is 21.6. The van der Waals surface area contributed by atoms with E-state index in [4.69, 9.17) is 0 Å². The Morgan fingerprint density at radius 2 is 1.00 bits per heavy atom. The van der Waals surface area contributed by atoms with E-state index in [9.17, 15) is 5.11 Å². The molecule has 0 saturated heterocycles. The van der Waals surface area contributed by atoms with E-state index in [-0.39, 0.29) is 5.75 Å². The zero-order valence-electron chi connectivity index (χ0n) is 21.6. The van der Waals surface area contributed by atoms with Crippen molar-refractivity contribution in [3.63, 3.8) is 0 Å². The van der Waals surface area contributed by atoms with Gasteiger partial charge in [-0.1, -0.05) is 121 Å². The molecule has 0 atom stereocenters. The third kappa shape index (κ3) is 4.37. The molecule has 184 valence electrons. The molecule has 0 radical (unpaired) electrons. The van der Waals surface area contributed by atoms with Gasteiger partial charge in [0.15, 0.2) is 0 Å². The van der Waals surface area contributed by atoms with Crippen molar-refractivity contribution in [2.75, 3.05) is 0 Å². The Labute approximate surface area is 225 Å². The lowest BCUT2D eigenvalue weighted by Gasteiger charge is -2.28. The van der Waals surface area contributed by atoms with Gasteiger partial charge in [0.05, 0.1) is 0 Å². The van der Waals surface area contributed by atoms with Crippen LogP contribution in [0.3, 0.4) is 0 Å². The first kappa shape index (κ1) is 23.8. The molecule has 5 aromatic carbocycles. The van der Waals surface area contributed by atoms with Crippen LogP contribution in [0.5, 0.6) is 5.75 Å². The Hall–Kier alpha value is -4.62. The van der Waals surface area contributed by atoms with Gasteiger partial charge in [0, 0.05) is 0 Å². The molecule has 1 N–H and O–H groups in total. The molecule has 0 unspecified atom stereocenters. The predicted octanol–water partition coefficient (Wildman–Crippen LogP) is 10.1. The molecule has 1 aliphatic carbocycles. The number of phenols is 1. The van der Waals surface area contributed by atoms with Crippen LogP contribution in [0.15, 0.2) is 133 Å². The monoisotopic (exact) mass is 490 g/mol. The topological polar surface area (TPSA) is 20.2 Å². The van der Waals surface area contributed by atoms with E-state index < -0.39 is 0 Å². The van der Waals surface area contributed by atoms with Crippen molar-refractivity contribution in [3.05, 3.63) is 145 Å². The highest BCUT2D eigenvalue weighted by Crippen LogP contribution is 2.51. The summed E-state index contributed by atoms with van der Waals surface area (Å²) in [6, 6.07) is 39.8. The number of phenolic OH excluding ortho intramolecular Hbond substituents is 1. The highest BCUT2D eigenvalue weighted by Gasteiger charge is 2.27. The Morgan fingerprint density at radius 1 is 0.500 bits per heavy atom. The van der Waals surface area contributed by atoms with Crippen LogP contribution < -0.4 is 0 Å². The molecule has 1 nitrogen and oxygen atoms in total. The van der Waals surface area contributed by atoms with Gasteiger partial charge < -0.3 is 5.11 Å². The smallest absolute Gasteiger partial charge is 0.116 e. The van der Waals surface area contributed by atoms with Crippen molar-refractivity contribution in [1.82, 2.24) is 0 Å². The van der Waals surface area contributed by atoms with E-state index in [0.717, 1.165) is 29.5 Å². The minimum absolute atomic E-state index is 0.269. The summed E-state index contributed by atoms with van der Waals surface area (Å²) in [5.41, 5.74) is 13.1. The molecule has 1 heteroatoms. The zero-order chi connectivity index (χ0) is 25.9. The molecule has 0 amide bonds. The number of allylic oxidation sites excluding steroid dienone is 4. The normalized spacial score (nSPS) is 12.8. The fraction of sp³-hybridized carbons (Fsp3) is 0.0811. The average Bonchev–Trinajstić information content (AvgIpc) is 2.98. The predicted molar refractivity (Wildman–Crippen MR) is 161 cm³/mol. The Bertz CT molecular complexity index is 1640. The van der Waals surface area contributed by atoms with Gasteiger partial charge in [0.2, 0.25) is 0 Å². The molecule has 38 heavy (non-hydrogen) atoms. The van der Waals surface area contributed by atoms with Gasteiger partial charge in [-0.2, -0.15) is 0 Å². The van der Waals surface area contributed by atoms with Gasteiger partial charge in [-0.25, -0.2) is 0 Å². The molecular weight excluding hydrogens is 460 g/mol. The van der Waals surface area contributed by atoms with Gasteiger partial charge in [-0.3, -0.25) is 0 Å². The molecule has 0 saturated carbocycles. The molecule has 5 aromatic rings. The van der Waals surface area contributed by atoms with Crippen molar-refractivity contribution in [2.24, 2.45) is 0 Å². The van der Waals surface area contributed by atoms with E-state index in [1.807, 2.05) is 12.1 Å². The fourth-order valence-corrected chi connectivity index (χ4v) is 5.74. The van der Waals surface area contributed by atoms with Crippen LogP contribution in [0.25, 0.3) is 50.1 Å². The van der Waals surface area contributed by atoms with Crippen molar-refractivity contribution in [3.8, 4) is 50.3 Å². The van der Waals surface area contributed by atoms with E-state index >= 15 is 0 Å². The molecule has 1 aliphatic rings. The number of aromatic hydroxyl groups is 1. The molecule has 6 rings (SSSR count). The average molecular weight is 491 g/mol. The second-order valence-corrected chi connectivity index (χ2v) is 9.79. The van der Waals surface area contributed by atoms with Crippen LogP contribution in [0.1, 0.15) is 24.0 Å². The van der Waals surface area contributed by atoms with E-state index in [2.05, 4.69) is 122 Å². The van der Waals surface area contributed by atoms with Crippen molar-refractivity contribution in [2.45, 2.75) is 19.8 Å². The number of hydrogen-bond acceptors (Lipinski definition) is 1. The van der Waals surface area contributed by atoms with Gasteiger partial charge in [-0.15, -0.1) is 0 Å². The lowest BCUT2D eigenvalue weighted by Crippen LogP contribution is -2.04. The maximum atomic E-state index is 10.5. The Morgan fingerprint density at radius 3 is 1.53 bits per heavy atom. The van der Waals surface area contributed by atoms with Gasteiger partial charge in [0.1, 0.15) is 5.75 Å². The summed E-state index contributed by atoms with van der Waals surface area (Å²) >= 11 is 0. The summed E-state index contributed by atoms with van der Waals surface area (Å²) in [4.78, 5) is 0. The van der Waals surface area contributed by atoms with Gasteiger partial charge >= 0.3 is 0 Å². The van der Waals surface area contributed by atoms with Crippen LogP contribution in [0.2, 0.25) is 0 Å². The van der Waals surface area contributed by atoms with Crippen LogP contribution in [0, 0.1) is 6.92 Å². The minimum Gasteiger partial charge on any atom is -0.508 e. The maximum Gasteiger partial charge on any atom is 0.116 e. The van der Waals surface area contributed by atoms with Gasteiger partial charge in [0.25, 0.3) is 0 Å². The lowest BCUT2D eigenvalue weighted by atomic mass is 9.75. The second kappa shape index (κ2) is 10.4. The third-order valence-corrected chi connectivity index (χ3v) is 7.36. The van der Waals surface area contributed by atoms with Crippen molar-refractivity contribution < 1.29 is 5.11 Å². The number of benzene rings is 5. The molecule has 0 aromatic heterocycles. The summed E-state index contributed by atoms with van der Waals surface area (Å²) in [6.45, 7) is 2.24. The van der Waals surface area contributed by atoms with Crippen molar-refractivity contribution >= 4 is 5.57 Å². The molecule has 0 heterocycles. The fourth-order valence-electron chi connectivity index (χ4n) is 5.74. The summed E-state index contributed by atoms with van der Waals surface area (Å²) in [5, 5.41) is 10.5. The van der Waals surface area contributed by atoms with Crippen LogP contribution in [0.4, 0.5) is 0 Å². The summed E-state index contributed by atoms with van der Waals surface area (Å²) in [6.07, 6.45) is 9.06. The second-order valence-electron chi connectivity index (χ2n) is 9.79. The molecule has 0 spiro atoms. The summed E-state index contributed by atoms with van der Waals surface area (Å²) in [7, 11) is 0.